The molecular weight excluding hydrogens is 266 g/mol. The zero-order valence-corrected chi connectivity index (χ0v) is 11.4. The molecule has 102 valence electrons. The SMILES string of the molecule is C[C@@H](N)C(=O)NC1CCN(c2cccc(Cl)c2)C1=O. The second kappa shape index (κ2) is 5.59. The Balaban J connectivity index is 2.08. The van der Waals surface area contributed by atoms with Crippen LogP contribution in [0.5, 0.6) is 0 Å². The van der Waals surface area contributed by atoms with Crippen molar-refractivity contribution in [2.75, 3.05) is 11.4 Å². The number of rotatable bonds is 3. The summed E-state index contributed by atoms with van der Waals surface area (Å²) in [5.41, 5.74) is 6.22. The van der Waals surface area contributed by atoms with E-state index in [-0.39, 0.29) is 11.8 Å². The molecular formula is C13H16ClN3O2. The van der Waals surface area contributed by atoms with Crippen molar-refractivity contribution >= 4 is 29.1 Å². The van der Waals surface area contributed by atoms with Gasteiger partial charge in [0.05, 0.1) is 6.04 Å². The molecule has 1 heterocycles. The first-order chi connectivity index (χ1) is 8.99. The highest BCUT2D eigenvalue weighted by atomic mass is 35.5. The van der Waals surface area contributed by atoms with Gasteiger partial charge in [0, 0.05) is 17.3 Å². The minimum absolute atomic E-state index is 0.128. The summed E-state index contributed by atoms with van der Waals surface area (Å²) >= 11 is 5.91. The summed E-state index contributed by atoms with van der Waals surface area (Å²) < 4.78 is 0. The Hall–Kier alpha value is -1.59. The van der Waals surface area contributed by atoms with E-state index in [1.54, 1.807) is 30.0 Å². The molecule has 6 heteroatoms. The van der Waals surface area contributed by atoms with Gasteiger partial charge >= 0.3 is 0 Å². The van der Waals surface area contributed by atoms with Crippen LogP contribution in [0.3, 0.4) is 0 Å². The van der Waals surface area contributed by atoms with Crippen molar-refractivity contribution in [1.82, 2.24) is 5.32 Å². The van der Waals surface area contributed by atoms with E-state index in [1.807, 2.05) is 6.07 Å². The van der Waals surface area contributed by atoms with Crippen LogP contribution in [0.2, 0.25) is 5.02 Å². The van der Waals surface area contributed by atoms with Crippen LogP contribution < -0.4 is 16.0 Å². The molecule has 1 unspecified atom stereocenters. The van der Waals surface area contributed by atoms with Crippen molar-refractivity contribution in [2.45, 2.75) is 25.4 Å². The van der Waals surface area contributed by atoms with E-state index >= 15 is 0 Å². The number of carbonyl (C=O) groups is 2. The maximum atomic E-state index is 12.2. The number of hydrogen-bond donors (Lipinski definition) is 2. The Morgan fingerprint density at radius 3 is 2.95 bits per heavy atom. The first-order valence-corrected chi connectivity index (χ1v) is 6.49. The van der Waals surface area contributed by atoms with Crippen LogP contribution in [0.1, 0.15) is 13.3 Å². The summed E-state index contributed by atoms with van der Waals surface area (Å²) in [6.45, 7) is 2.15. The van der Waals surface area contributed by atoms with E-state index in [0.29, 0.717) is 18.0 Å². The van der Waals surface area contributed by atoms with Gasteiger partial charge in [-0.3, -0.25) is 9.59 Å². The molecule has 1 aliphatic heterocycles. The van der Waals surface area contributed by atoms with Crippen molar-refractivity contribution in [2.24, 2.45) is 5.73 Å². The van der Waals surface area contributed by atoms with Crippen LogP contribution in [-0.4, -0.2) is 30.4 Å². The standard InChI is InChI=1S/C13H16ClN3O2/c1-8(15)12(18)16-11-5-6-17(13(11)19)10-4-2-3-9(14)7-10/h2-4,7-8,11H,5-6,15H2,1H3,(H,16,18)/t8-,11?/m1/s1. The molecule has 19 heavy (non-hydrogen) atoms. The van der Waals surface area contributed by atoms with Crippen LogP contribution in [0.25, 0.3) is 0 Å². The molecule has 0 spiro atoms. The van der Waals surface area contributed by atoms with Gasteiger partial charge in [0.2, 0.25) is 11.8 Å². The van der Waals surface area contributed by atoms with E-state index in [9.17, 15) is 9.59 Å². The van der Waals surface area contributed by atoms with E-state index in [2.05, 4.69) is 5.32 Å². The molecule has 0 radical (unpaired) electrons. The third kappa shape index (κ3) is 3.05. The van der Waals surface area contributed by atoms with Gasteiger partial charge in [0.15, 0.2) is 0 Å². The highest BCUT2D eigenvalue weighted by molar-refractivity contribution is 6.31. The average Bonchev–Trinajstić information content (AvgIpc) is 2.71. The first-order valence-electron chi connectivity index (χ1n) is 6.12. The van der Waals surface area contributed by atoms with E-state index in [4.69, 9.17) is 17.3 Å². The lowest BCUT2D eigenvalue weighted by Gasteiger charge is -2.18. The van der Waals surface area contributed by atoms with Gasteiger partial charge in [-0.05, 0) is 31.5 Å². The number of carbonyl (C=O) groups excluding carboxylic acids is 2. The lowest BCUT2D eigenvalue weighted by atomic mass is 10.2. The monoisotopic (exact) mass is 281 g/mol. The number of halogens is 1. The fourth-order valence-electron chi connectivity index (χ4n) is 2.02. The van der Waals surface area contributed by atoms with Crippen LogP contribution in [-0.2, 0) is 9.59 Å². The van der Waals surface area contributed by atoms with E-state index in [1.165, 1.54) is 0 Å². The molecule has 2 atom stereocenters. The third-order valence-electron chi connectivity index (χ3n) is 3.06. The third-order valence-corrected chi connectivity index (χ3v) is 3.29. The van der Waals surface area contributed by atoms with Crippen molar-refractivity contribution in [1.29, 1.82) is 0 Å². The second-order valence-corrected chi connectivity index (χ2v) is 5.04. The summed E-state index contributed by atoms with van der Waals surface area (Å²) in [7, 11) is 0. The van der Waals surface area contributed by atoms with Gasteiger partial charge in [-0.1, -0.05) is 17.7 Å². The molecule has 1 aromatic carbocycles. The summed E-state index contributed by atoms with van der Waals surface area (Å²) in [5.74, 6) is -0.442. The lowest BCUT2D eigenvalue weighted by molar-refractivity contribution is -0.127. The number of nitrogens with zero attached hydrogens (tertiary/aromatic N) is 1. The first kappa shape index (κ1) is 13.8. The van der Waals surface area contributed by atoms with Crippen LogP contribution in [0, 0.1) is 0 Å². The molecule has 1 aliphatic rings. The van der Waals surface area contributed by atoms with Gasteiger partial charge in [-0.25, -0.2) is 0 Å². The van der Waals surface area contributed by atoms with Crippen LogP contribution in [0.4, 0.5) is 5.69 Å². The number of hydrogen-bond acceptors (Lipinski definition) is 3. The number of nitrogens with one attached hydrogen (secondary N) is 1. The Kier molecular flexibility index (Phi) is 4.07. The summed E-state index contributed by atoms with van der Waals surface area (Å²) in [4.78, 5) is 25.3. The molecule has 0 aliphatic carbocycles. The van der Waals surface area contributed by atoms with Gasteiger partial charge in [0.1, 0.15) is 6.04 Å². The molecule has 1 saturated heterocycles. The number of anilines is 1. The molecule has 1 aromatic rings. The Morgan fingerprint density at radius 1 is 1.58 bits per heavy atom. The van der Waals surface area contributed by atoms with Crippen molar-refractivity contribution < 1.29 is 9.59 Å². The molecule has 2 amide bonds. The predicted molar refractivity (Wildman–Crippen MR) is 74.0 cm³/mol. The molecule has 2 rings (SSSR count). The highest BCUT2D eigenvalue weighted by Crippen LogP contribution is 2.24. The van der Waals surface area contributed by atoms with E-state index < -0.39 is 12.1 Å². The average molecular weight is 282 g/mol. The molecule has 0 saturated carbocycles. The van der Waals surface area contributed by atoms with Crippen LogP contribution >= 0.6 is 11.6 Å². The van der Waals surface area contributed by atoms with Gasteiger partial charge in [-0.15, -0.1) is 0 Å². The second-order valence-electron chi connectivity index (χ2n) is 4.61. The fourth-order valence-corrected chi connectivity index (χ4v) is 2.20. The smallest absolute Gasteiger partial charge is 0.249 e. The summed E-state index contributed by atoms with van der Waals surface area (Å²) in [5, 5.41) is 3.23. The maximum Gasteiger partial charge on any atom is 0.249 e. The lowest BCUT2D eigenvalue weighted by Crippen LogP contribution is -2.47. The Bertz CT molecular complexity index is 504. The molecule has 5 nitrogen and oxygen atoms in total. The molecule has 3 N–H and O–H groups in total. The molecule has 0 aromatic heterocycles. The highest BCUT2D eigenvalue weighted by Gasteiger charge is 2.33. The zero-order chi connectivity index (χ0) is 14.0. The number of amides is 2. The number of nitrogens with two attached hydrogens (primary N) is 1. The van der Waals surface area contributed by atoms with Crippen molar-refractivity contribution in [3.63, 3.8) is 0 Å². The minimum atomic E-state index is -0.618. The largest absolute Gasteiger partial charge is 0.343 e. The maximum absolute atomic E-state index is 12.2. The van der Waals surface area contributed by atoms with Gasteiger partial charge < -0.3 is 16.0 Å². The predicted octanol–water partition coefficient (Wildman–Crippen LogP) is 0.909. The minimum Gasteiger partial charge on any atom is -0.343 e. The van der Waals surface area contributed by atoms with Crippen molar-refractivity contribution in [3.05, 3.63) is 29.3 Å². The Morgan fingerprint density at radius 2 is 2.32 bits per heavy atom. The van der Waals surface area contributed by atoms with E-state index in [0.717, 1.165) is 5.69 Å². The fraction of sp³-hybridized carbons (Fsp3) is 0.385. The summed E-state index contributed by atoms with van der Waals surface area (Å²) in [6, 6.07) is 5.97. The summed E-state index contributed by atoms with van der Waals surface area (Å²) in [6.07, 6.45) is 0.573. The topological polar surface area (TPSA) is 75.4 Å². The Labute approximate surface area is 116 Å². The van der Waals surface area contributed by atoms with Gasteiger partial charge in [0.25, 0.3) is 0 Å². The quantitative estimate of drug-likeness (QED) is 0.865. The molecule has 0 bridgehead atoms. The number of benzene rings is 1. The van der Waals surface area contributed by atoms with Gasteiger partial charge in [-0.2, -0.15) is 0 Å². The van der Waals surface area contributed by atoms with Crippen LogP contribution in [0.15, 0.2) is 24.3 Å². The zero-order valence-electron chi connectivity index (χ0n) is 10.6. The normalized spacial score (nSPS) is 20.5. The molecule has 1 fully saturated rings. The van der Waals surface area contributed by atoms with Crippen molar-refractivity contribution in [3.8, 4) is 0 Å².